The largest absolute Gasteiger partial charge is 0.356 e. The highest BCUT2D eigenvalue weighted by Gasteiger charge is 2.36. The van der Waals surface area contributed by atoms with E-state index in [0.717, 1.165) is 24.9 Å². The van der Waals surface area contributed by atoms with Crippen LogP contribution in [0.4, 0.5) is 0 Å². The van der Waals surface area contributed by atoms with E-state index in [9.17, 15) is 9.59 Å². The molecule has 1 atom stereocenters. The molecule has 1 fully saturated rings. The highest BCUT2D eigenvalue weighted by atomic mass is 35.5. The van der Waals surface area contributed by atoms with Crippen LogP contribution < -0.4 is 11.1 Å². The number of carbonyl (C=O) groups excluding carboxylic acids is 2. The molecular weight excluding hydrogens is 338 g/mol. The summed E-state index contributed by atoms with van der Waals surface area (Å²) in [5, 5.41) is 2.99. The van der Waals surface area contributed by atoms with E-state index in [2.05, 4.69) is 12.2 Å². The fourth-order valence-corrected chi connectivity index (χ4v) is 3.11. The minimum Gasteiger partial charge on any atom is -0.356 e. The van der Waals surface area contributed by atoms with Gasteiger partial charge in [-0.25, -0.2) is 0 Å². The smallest absolute Gasteiger partial charge is 0.246 e. The van der Waals surface area contributed by atoms with E-state index in [-0.39, 0.29) is 30.1 Å². The van der Waals surface area contributed by atoms with Gasteiger partial charge in [0.25, 0.3) is 0 Å². The Balaban J connectivity index is 0.00000312. The standard InChI is InChI=1S/C19H29N3O2.ClH/c1-3-4-12-21-17(23)15-10-13-22(14-11-15)18(24)19(2,20)16-8-6-5-7-9-16;/h5-9,15H,3-4,10-14,20H2,1-2H3,(H,21,23);1H. The van der Waals surface area contributed by atoms with E-state index in [1.807, 2.05) is 30.3 Å². The zero-order chi connectivity index (χ0) is 17.6. The van der Waals surface area contributed by atoms with E-state index in [1.54, 1.807) is 11.8 Å². The van der Waals surface area contributed by atoms with Gasteiger partial charge in [-0.2, -0.15) is 0 Å². The average molecular weight is 368 g/mol. The fraction of sp³-hybridized carbons (Fsp3) is 0.579. The molecule has 5 nitrogen and oxygen atoms in total. The first-order chi connectivity index (χ1) is 11.5. The maximum Gasteiger partial charge on any atom is 0.246 e. The summed E-state index contributed by atoms with van der Waals surface area (Å²) in [6, 6.07) is 9.45. The first-order valence-electron chi connectivity index (χ1n) is 8.88. The third kappa shape index (κ3) is 5.44. The van der Waals surface area contributed by atoms with Crippen molar-refractivity contribution in [2.45, 2.75) is 45.1 Å². The summed E-state index contributed by atoms with van der Waals surface area (Å²) in [5.74, 6) is 0.0549. The molecule has 1 aromatic rings. The lowest BCUT2D eigenvalue weighted by atomic mass is 9.89. The van der Waals surface area contributed by atoms with Crippen molar-refractivity contribution in [2.75, 3.05) is 19.6 Å². The molecule has 1 unspecified atom stereocenters. The van der Waals surface area contributed by atoms with Gasteiger partial charge in [0.05, 0.1) is 0 Å². The minimum absolute atomic E-state index is 0. The van der Waals surface area contributed by atoms with Crippen molar-refractivity contribution in [3.05, 3.63) is 35.9 Å². The third-order valence-corrected chi connectivity index (χ3v) is 4.80. The van der Waals surface area contributed by atoms with Crippen LogP contribution in [0.15, 0.2) is 30.3 Å². The van der Waals surface area contributed by atoms with Gasteiger partial charge < -0.3 is 16.0 Å². The second-order valence-electron chi connectivity index (χ2n) is 6.78. The number of nitrogens with two attached hydrogens (primary N) is 1. The molecule has 0 saturated carbocycles. The Labute approximate surface area is 156 Å². The molecule has 0 spiro atoms. The summed E-state index contributed by atoms with van der Waals surface area (Å²) in [6.45, 7) is 5.78. The van der Waals surface area contributed by atoms with Crippen molar-refractivity contribution >= 4 is 24.2 Å². The Hall–Kier alpha value is -1.59. The number of carbonyl (C=O) groups is 2. The van der Waals surface area contributed by atoms with E-state index < -0.39 is 5.54 Å². The van der Waals surface area contributed by atoms with Crippen LogP contribution in [0, 0.1) is 5.92 Å². The normalized spacial score (nSPS) is 17.3. The molecule has 1 aliphatic heterocycles. The highest BCUT2D eigenvalue weighted by Crippen LogP contribution is 2.24. The van der Waals surface area contributed by atoms with Gasteiger partial charge in [-0.1, -0.05) is 43.7 Å². The van der Waals surface area contributed by atoms with E-state index in [0.29, 0.717) is 25.9 Å². The highest BCUT2D eigenvalue weighted by molar-refractivity contribution is 5.87. The molecule has 0 aliphatic carbocycles. The van der Waals surface area contributed by atoms with Gasteiger partial charge in [-0.3, -0.25) is 9.59 Å². The maximum atomic E-state index is 12.8. The Morgan fingerprint density at radius 3 is 2.40 bits per heavy atom. The average Bonchev–Trinajstić information content (AvgIpc) is 2.62. The number of halogens is 1. The fourth-order valence-electron chi connectivity index (χ4n) is 3.11. The number of piperidine rings is 1. The number of rotatable bonds is 6. The molecule has 6 heteroatoms. The Morgan fingerprint density at radius 2 is 1.84 bits per heavy atom. The van der Waals surface area contributed by atoms with Crippen molar-refractivity contribution in [1.82, 2.24) is 10.2 Å². The second-order valence-corrected chi connectivity index (χ2v) is 6.78. The molecule has 1 heterocycles. The monoisotopic (exact) mass is 367 g/mol. The van der Waals surface area contributed by atoms with Crippen LogP contribution in [-0.4, -0.2) is 36.3 Å². The molecule has 1 aliphatic rings. The SMILES string of the molecule is CCCCNC(=O)C1CCN(C(=O)C(C)(N)c2ccccc2)CC1.Cl. The Kier molecular flexibility index (Phi) is 8.39. The molecule has 1 saturated heterocycles. The van der Waals surface area contributed by atoms with Gasteiger partial charge in [0.1, 0.15) is 5.54 Å². The van der Waals surface area contributed by atoms with Gasteiger partial charge in [0.15, 0.2) is 0 Å². The van der Waals surface area contributed by atoms with Gasteiger partial charge in [-0.15, -0.1) is 12.4 Å². The zero-order valence-corrected chi connectivity index (χ0v) is 16.0. The molecular formula is C19H30ClN3O2. The summed E-state index contributed by atoms with van der Waals surface area (Å²) in [7, 11) is 0. The Morgan fingerprint density at radius 1 is 1.24 bits per heavy atom. The lowest BCUT2D eigenvalue weighted by Crippen LogP contribution is -2.53. The van der Waals surface area contributed by atoms with Crippen molar-refractivity contribution in [3.63, 3.8) is 0 Å². The van der Waals surface area contributed by atoms with E-state index >= 15 is 0 Å². The van der Waals surface area contributed by atoms with Crippen LogP contribution >= 0.6 is 12.4 Å². The molecule has 1 aromatic carbocycles. The van der Waals surface area contributed by atoms with Crippen LogP contribution in [0.5, 0.6) is 0 Å². The number of nitrogens with zero attached hydrogens (tertiary/aromatic N) is 1. The number of benzene rings is 1. The first-order valence-corrected chi connectivity index (χ1v) is 8.88. The van der Waals surface area contributed by atoms with Gasteiger partial charge in [-0.05, 0) is 31.7 Å². The zero-order valence-electron chi connectivity index (χ0n) is 15.2. The maximum absolute atomic E-state index is 12.8. The lowest BCUT2D eigenvalue weighted by Gasteiger charge is -2.36. The number of hydrogen-bond acceptors (Lipinski definition) is 3. The molecule has 3 N–H and O–H groups in total. The van der Waals surface area contributed by atoms with Crippen LogP contribution in [0.2, 0.25) is 0 Å². The molecule has 0 bridgehead atoms. The van der Waals surface area contributed by atoms with Gasteiger partial charge in [0.2, 0.25) is 11.8 Å². The number of likely N-dealkylation sites (tertiary alicyclic amines) is 1. The minimum atomic E-state index is -1.03. The predicted molar refractivity (Wildman–Crippen MR) is 102 cm³/mol. The van der Waals surface area contributed by atoms with Crippen LogP contribution in [-0.2, 0) is 15.1 Å². The molecule has 140 valence electrons. The van der Waals surface area contributed by atoms with Gasteiger partial charge >= 0.3 is 0 Å². The molecule has 0 radical (unpaired) electrons. The topological polar surface area (TPSA) is 75.4 Å². The van der Waals surface area contributed by atoms with E-state index in [4.69, 9.17) is 5.73 Å². The summed E-state index contributed by atoms with van der Waals surface area (Å²) in [5.41, 5.74) is 6.10. The quantitative estimate of drug-likeness (QED) is 0.758. The molecule has 25 heavy (non-hydrogen) atoms. The van der Waals surface area contributed by atoms with Crippen molar-refractivity contribution in [1.29, 1.82) is 0 Å². The number of amides is 2. The summed E-state index contributed by atoms with van der Waals surface area (Å²) >= 11 is 0. The summed E-state index contributed by atoms with van der Waals surface area (Å²) in [6.07, 6.45) is 3.48. The molecule has 0 aromatic heterocycles. The predicted octanol–water partition coefficient (Wildman–Crippen LogP) is 2.44. The third-order valence-electron chi connectivity index (χ3n) is 4.80. The molecule has 2 rings (SSSR count). The molecule has 2 amide bonds. The summed E-state index contributed by atoms with van der Waals surface area (Å²) in [4.78, 5) is 26.7. The second kappa shape index (κ2) is 9.78. The Bertz CT molecular complexity index is 555. The van der Waals surface area contributed by atoms with Crippen LogP contribution in [0.25, 0.3) is 0 Å². The van der Waals surface area contributed by atoms with Crippen molar-refractivity contribution in [3.8, 4) is 0 Å². The first kappa shape index (κ1) is 21.5. The number of hydrogen-bond donors (Lipinski definition) is 2. The number of unbranched alkanes of at least 4 members (excludes halogenated alkanes) is 1. The lowest BCUT2D eigenvalue weighted by molar-refractivity contribution is -0.140. The summed E-state index contributed by atoms with van der Waals surface area (Å²) < 4.78 is 0. The van der Waals surface area contributed by atoms with E-state index in [1.165, 1.54) is 0 Å². The van der Waals surface area contributed by atoms with Crippen LogP contribution in [0.1, 0.15) is 45.1 Å². The van der Waals surface area contributed by atoms with Crippen LogP contribution in [0.3, 0.4) is 0 Å². The van der Waals surface area contributed by atoms with Gasteiger partial charge in [0, 0.05) is 25.6 Å². The number of nitrogens with one attached hydrogen (secondary N) is 1. The van der Waals surface area contributed by atoms with Crippen molar-refractivity contribution in [2.24, 2.45) is 11.7 Å². The van der Waals surface area contributed by atoms with Crippen molar-refractivity contribution < 1.29 is 9.59 Å².